The highest BCUT2D eigenvalue weighted by molar-refractivity contribution is 6.02. The van der Waals surface area contributed by atoms with Crippen molar-refractivity contribution < 1.29 is 9.90 Å². The predicted octanol–water partition coefficient (Wildman–Crippen LogP) is 6.51. The van der Waals surface area contributed by atoms with Gasteiger partial charge in [-0.3, -0.25) is 4.98 Å². The van der Waals surface area contributed by atoms with Gasteiger partial charge < -0.3 is 10.1 Å². The fraction of sp³-hybridized carbons (Fsp3) is 0.0303. The molecule has 4 aromatic carbocycles. The molecule has 0 atom stereocenters. The largest absolute Gasteiger partial charge is 0.475 e. The second-order valence-electron chi connectivity index (χ2n) is 9.58. The van der Waals surface area contributed by atoms with E-state index in [-0.39, 0.29) is 5.82 Å². The maximum atomic E-state index is 11.8. The topological polar surface area (TPSA) is 96.7 Å². The van der Waals surface area contributed by atoms with Crippen molar-refractivity contribution in [1.82, 2.24) is 24.7 Å². The van der Waals surface area contributed by atoms with E-state index in [0.717, 1.165) is 38.9 Å². The third-order valence-corrected chi connectivity index (χ3v) is 7.33. The number of hydrogen-bond acceptors (Lipinski definition) is 4. The predicted molar refractivity (Wildman–Crippen MR) is 154 cm³/mol. The van der Waals surface area contributed by atoms with Crippen LogP contribution in [0.3, 0.4) is 0 Å². The van der Waals surface area contributed by atoms with Gasteiger partial charge in [-0.15, -0.1) is 0 Å². The molecule has 0 unspecified atom stereocenters. The lowest BCUT2D eigenvalue weighted by atomic mass is 9.77. The summed E-state index contributed by atoms with van der Waals surface area (Å²) in [5, 5.41) is 15.8. The Bertz CT molecular complexity index is 1870. The van der Waals surface area contributed by atoms with Gasteiger partial charge >= 0.3 is 5.97 Å². The summed E-state index contributed by atoms with van der Waals surface area (Å²) in [6, 6.07) is 38.7. The molecule has 40 heavy (non-hydrogen) atoms. The molecule has 0 saturated heterocycles. The quantitative estimate of drug-likeness (QED) is 0.243. The smallest absolute Gasteiger partial charge is 0.371 e. The zero-order valence-electron chi connectivity index (χ0n) is 21.3. The molecule has 0 aliphatic rings. The molecule has 0 radical (unpaired) electrons. The molecule has 7 rings (SSSR count). The van der Waals surface area contributed by atoms with Crippen LogP contribution in [0.15, 0.2) is 128 Å². The number of imidazole rings is 1. The van der Waals surface area contributed by atoms with Crippen LogP contribution in [-0.2, 0) is 5.54 Å². The molecule has 0 aliphatic heterocycles. The number of nitrogens with one attached hydrogen (secondary N) is 1. The Labute approximate surface area is 229 Å². The number of aromatic nitrogens is 5. The van der Waals surface area contributed by atoms with Gasteiger partial charge in [-0.25, -0.2) is 14.5 Å². The molecule has 7 nitrogen and oxygen atoms in total. The van der Waals surface area contributed by atoms with Crippen LogP contribution in [0.25, 0.3) is 33.2 Å². The Morgan fingerprint density at radius 3 is 1.82 bits per heavy atom. The van der Waals surface area contributed by atoms with Crippen LogP contribution in [0.4, 0.5) is 0 Å². The minimum atomic E-state index is -1.11. The van der Waals surface area contributed by atoms with Crippen molar-refractivity contribution in [1.29, 1.82) is 0 Å². The highest BCUT2D eigenvalue weighted by atomic mass is 16.4. The molecule has 0 saturated carbocycles. The zero-order chi connectivity index (χ0) is 27.1. The van der Waals surface area contributed by atoms with Gasteiger partial charge in [0.1, 0.15) is 11.2 Å². The first-order valence-electron chi connectivity index (χ1n) is 12.9. The van der Waals surface area contributed by atoms with E-state index in [1.807, 2.05) is 78.9 Å². The van der Waals surface area contributed by atoms with Crippen molar-refractivity contribution >= 4 is 27.9 Å². The van der Waals surface area contributed by atoms with Crippen molar-refractivity contribution in [3.63, 3.8) is 0 Å². The van der Waals surface area contributed by atoms with E-state index in [1.165, 1.54) is 0 Å². The van der Waals surface area contributed by atoms with Crippen molar-refractivity contribution in [3.05, 3.63) is 150 Å². The van der Waals surface area contributed by atoms with Gasteiger partial charge in [0.2, 0.25) is 5.82 Å². The average molecular weight is 522 g/mol. The maximum Gasteiger partial charge on any atom is 0.371 e. The van der Waals surface area contributed by atoms with Gasteiger partial charge in [-0.1, -0.05) is 91.0 Å². The second-order valence-corrected chi connectivity index (χ2v) is 9.58. The van der Waals surface area contributed by atoms with Gasteiger partial charge in [0.05, 0.1) is 16.6 Å². The summed E-state index contributed by atoms with van der Waals surface area (Å²) < 4.78 is 2.07. The lowest BCUT2D eigenvalue weighted by Crippen LogP contribution is -2.38. The van der Waals surface area contributed by atoms with Crippen molar-refractivity contribution in [3.8, 4) is 11.3 Å². The van der Waals surface area contributed by atoms with Crippen LogP contribution >= 0.6 is 0 Å². The number of carboxylic acids is 1. The number of pyridine rings is 1. The van der Waals surface area contributed by atoms with Crippen LogP contribution in [0, 0.1) is 0 Å². The first-order chi connectivity index (χ1) is 19.7. The molecule has 0 fully saturated rings. The summed E-state index contributed by atoms with van der Waals surface area (Å²) >= 11 is 0. The maximum absolute atomic E-state index is 11.8. The number of aromatic carboxylic acids is 1. The summed E-state index contributed by atoms with van der Waals surface area (Å²) in [4.78, 5) is 23.3. The Hall–Kier alpha value is -5.56. The minimum absolute atomic E-state index is 0.104. The number of nitrogens with zero attached hydrogens (tertiary/aromatic N) is 4. The minimum Gasteiger partial charge on any atom is -0.475 e. The Morgan fingerprint density at radius 1 is 0.750 bits per heavy atom. The summed E-state index contributed by atoms with van der Waals surface area (Å²) in [6.07, 6.45) is 3.49. The van der Waals surface area contributed by atoms with E-state index in [9.17, 15) is 9.90 Å². The molecule has 7 heteroatoms. The molecule has 0 amide bonds. The zero-order valence-corrected chi connectivity index (χ0v) is 21.3. The summed E-state index contributed by atoms with van der Waals surface area (Å²) in [5.41, 5.74) is 5.92. The molecule has 192 valence electrons. The SMILES string of the molecule is O=C(O)c1nc2cc3c(-c4ccncc4)nn(C(c4ccccc4)(c4ccccc4)c4ccccc4)c3cc2[nH]1. The lowest BCUT2D eigenvalue weighted by molar-refractivity contribution is 0.0685. The first kappa shape index (κ1) is 23.5. The third kappa shape index (κ3) is 3.60. The number of benzene rings is 4. The van der Waals surface area contributed by atoms with E-state index in [1.54, 1.807) is 12.4 Å². The number of hydrogen-bond donors (Lipinski definition) is 2. The first-order valence-corrected chi connectivity index (χ1v) is 12.9. The average Bonchev–Trinajstić information content (AvgIpc) is 3.60. The Kier molecular flexibility index (Phi) is 5.49. The van der Waals surface area contributed by atoms with Gasteiger partial charge in [0.15, 0.2) is 0 Å². The Balaban J connectivity index is 1.68. The van der Waals surface area contributed by atoms with Crippen LogP contribution in [0.2, 0.25) is 0 Å². The number of rotatable bonds is 6. The number of carbonyl (C=O) groups is 1. The van der Waals surface area contributed by atoms with Crippen LogP contribution < -0.4 is 0 Å². The van der Waals surface area contributed by atoms with E-state index in [0.29, 0.717) is 11.0 Å². The molecular formula is C33H23N5O2. The van der Waals surface area contributed by atoms with E-state index >= 15 is 0 Å². The van der Waals surface area contributed by atoms with E-state index in [4.69, 9.17) is 5.10 Å². The van der Waals surface area contributed by atoms with E-state index < -0.39 is 11.5 Å². The number of carboxylic acid groups (broad SMARTS) is 1. The highest BCUT2D eigenvalue weighted by Crippen LogP contribution is 2.44. The standard InChI is InChI=1S/C33H23N5O2/c39-32(40)31-35-27-20-26-29(21-28(27)36-31)38(37-30(26)22-16-18-34-19-17-22)33(23-10-4-1-5-11-23,24-12-6-2-7-13-24)25-14-8-3-9-15-25/h1-21H,(H,35,36)(H,39,40). The van der Waals surface area contributed by atoms with Gasteiger partial charge in [-0.2, -0.15) is 5.10 Å². The number of aromatic amines is 1. The monoisotopic (exact) mass is 521 g/mol. The van der Waals surface area contributed by atoms with Crippen LogP contribution in [-0.4, -0.2) is 35.8 Å². The summed E-state index contributed by atoms with van der Waals surface area (Å²) in [7, 11) is 0. The summed E-state index contributed by atoms with van der Waals surface area (Å²) in [5.74, 6) is -1.21. The van der Waals surface area contributed by atoms with Crippen molar-refractivity contribution in [2.75, 3.05) is 0 Å². The van der Waals surface area contributed by atoms with Gasteiger partial charge in [0, 0.05) is 23.3 Å². The second kappa shape index (κ2) is 9.32. The summed E-state index contributed by atoms with van der Waals surface area (Å²) in [6.45, 7) is 0. The molecule has 2 N–H and O–H groups in total. The molecule has 3 aromatic heterocycles. The normalized spacial score (nSPS) is 11.7. The van der Waals surface area contributed by atoms with Crippen molar-refractivity contribution in [2.45, 2.75) is 5.54 Å². The number of fused-ring (bicyclic) bond motifs is 2. The van der Waals surface area contributed by atoms with Gasteiger partial charge in [-0.05, 0) is 41.0 Å². The van der Waals surface area contributed by atoms with E-state index in [2.05, 4.69) is 56.0 Å². The number of H-pyrrole nitrogens is 1. The molecule has 0 bridgehead atoms. The fourth-order valence-corrected chi connectivity index (χ4v) is 5.60. The lowest BCUT2D eigenvalue weighted by Gasteiger charge is -2.37. The molecule has 3 heterocycles. The molecular weight excluding hydrogens is 498 g/mol. The van der Waals surface area contributed by atoms with Crippen molar-refractivity contribution in [2.24, 2.45) is 0 Å². The van der Waals surface area contributed by atoms with Gasteiger partial charge in [0.25, 0.3) is 0 Å². The molecule has 0 aliphatic carbocycles. The van der Waals surface area contributed by atoms with Crippen LogP contribution in [0.1, 0.15) is 27.3 Å². The fourth-order valence-electron chi connectivity index (χ4n) is 5.60. The molecule has 7 aromatic rings. The highest BCUT2D eigenvalue weighted by Gasteiger charge is 2.41. The third-order valence-electron chi connectivity index (χ3n) is 7.33. The Morgan fingerprint density at radius 2 is 1.30 bits per heavy atom. The van der Waals surface area contributed by atoms with Crippen LogP contribution in [0.5, 0.6) is 0 Å². The molecule has 0 spiro atoms.